The van der Waals surface area contributed by atoms with Gasteiger partial charge in [0.05, 0.1) is 29.1 Å². The van der Waals surface area contributed by atoms with E-state index in [1.54, 1.807) is 17.5 Å². The van der Waals surface area contributed by atoms with Crippen molar-refractivity contribution < 1.29 is 9.53 Å². The van der Waals surface area contributed by atoms with Crippen LogP contribution in [0.3, 0.4) is 0 Å². The highest BCUT2D eigenvalue weighted by Crippen LogP contribution is 2.29. The zero-order valence-electron chi connectivity index (χ0n) is 17.9. The first-order valence-corrected chi connectivity index (χ1v) is 11.2. The summed E-state index contributed by atoms with van der Waals surface area (Å²) in [6.45, 7) is 10.2. The van der Waals surface area contributed by atoms with E-state index in [1.807, 2.05) is 19.2 Å². The molecule has 0 saturated carbocycles. The molecule has 1 aliphatic rings. The fourth-order valence-electron chi connectivity index (χ4n) is 3.91. The quantitative estimate of drug-likeness (QED) is 0.660. The number of fused-ring (bicyclic) bond motifs is 1. The highest BCUT2D eigenvalue weighted by molar-refractivity contribution is 7.15. The number of nitrogens with zero attached hydrogens (tertiary/aromatic N) is 3. The summed E-state index contributed by atoms with van der Waals surface area (Å²) in [5.74, 6) is 0.960. The van der Waals surface area contributed by atoms with Crippen LogP contribution in [0, 0.1) is 12.8 Å². The monoisotopic (exact) mass is 424 g/mol. The van der Waals surface area contributed by atoms with E-state index in [2.05, 4.69) is 59.2 Å². The molecule has 158 valence electrons. The Bertz CT molecular complexity index is 1050. The van der Waals surface area contributed by atoms with Crippen LogP contribution in [0.25, 0.3) is 21.2 Å². The van der Waals surface area contributed by atoms with Gasteiger partial charge in [-0.15, -0.1) is 11.3 Å². The number of morpholine rings is 1. The molecule has 2 aromatic heterocycles. The molecular weight excluding hydrogens is 396 g/mol. The van der Waals surface area contributed by atoms with Crippen LogP contribution in [0.1, 0.15) is 25.8 Å². The molecule has 30 heavy (non-hydrogen) atoms. The number of nitrogens with one attached hydrogen (secondary N) is 1. The maximum absolute atomic E-state index is 12.7. The Hall–Kier alpha value is -2.35. The van der Waals surface area contributed by atoms with Gasteiger partial charge >= 0.3 is 0 Å². The third-order valence-electron chi connectivity index (χ3n) is 5.52. The Kier molecular flexibility index (Phi) is 6.13. The minimum absolute atomic E-state index is 0.0455. The van der Waals surface area contributed by atoms with E-state index in [-0.39, 0.29) is 18.1 Å². The first-order valence-electron chi connectivity index (χ1n) is 10.4. The van der Waals surface area contributed by atoms with Crippen molar-refractivity contribution in [2.75, 3.05) is 25.0 Å². The maximum atomic E-state index is 12.7. The van der Waals surface area contributed by atoms with E-state index in [0.717, 1.165) is 32.8 Å². The summed E-state index contributed by atoms with van der Waals surface area (Å²) in [6.07, 6.45) is 3.85. The lowest BCUT2D eigenvalue weighted by Crippen LogP contribution is -2.53. The van der Waals surface area contributed by atoms with Gasteiger partial charge in [0, 0.05) is 30.4 Å². The summed E-state index contributed by atoms with van der Waals surface area (Å²) in [6, 6.07) is 8.45. The van der Waals surface area contributed by atoms with E-state index >= 15 is 0 Å². The molecule has 1 fully saturated rings. The molecule has 1 aromatic carbocycles. The van der Waals surface area contributed by atoms with Gasteiger partial charge in [-0.3, -0.25) is 9.69 Å². The molecule has 1 amide bonds. The van der Waals surface area contributed by atoms with Crippen LogP contribution >= 0.6 is 11.3 Å². The molecule has 0 bridgehead atoms. The second-order valence-corrected chi connectivity index (χ2v) is 9.54. The molecule has 1 N–H and O–H groups in total. The lowest BCUT2D eigenvalue weighted by atomic mass is 10.0. The first-order chi connectivity index (χ1) is 14.4. The lowest BCUT2D eigenvalue weighted by molar-refractivity contribution is -0.122. The number of carbonyl (C=O) groups excluding carboxylic acids is 1. The number of hydrogen-bond acceptors (Lipinski definition) is 6. The topological polar surface area (TPSA) is 67.4 Å². The lowest BCUT2D eigenvalue weighted by Gasteiger charge is -2.40. The van der Waals surface area contributed by atoms with Crippen molar-refractivity contribution in [1.29, 1.82) is 0 Å². The second kappa shape index (κ2) is 8.79. The predicted octanol–water partition coefficient (Wildman–Crippen LogP) is 4.35. The van der Waals surface area contributed by atoms with Crippen LogP contribution in [0.4, 0.5) is 5.82 Å². The average molecular weight is 425 g/mol. The predicted molar refractivity (Wildman–Crippen MR) is 122 cm³/mol. The summed E-state index contributed by atoms with van der Waals surface area (Å²) in [7, 11) is 0. The molecule has 6 nitrogen and oxygen atoms in total. The molecule has 4 rings (SSSR count). The smallest absolute Gasteiger partial charge is 0.239 e. The Labute approximate surface area is 181 Å². The normalized spacial score (nSPS) is 20.0. The fourth-order valence-corrected chi connectivity index (χ4v) is 4.68. The largest absolute Gasteiger partial charge is 0.376 e. The van der Waals surface area contributed by atoms with Crippen LogP contribution in [0.2, 0.25) is 0 Å². The molecule has 3 aromatic rings. The zero-order valence-corrected chi connectivity index (χ0v) is 18.7. The van der Waals surface area contributed by atoms with Crippen LogP contribution in [-0.4, -0.2) is 52.6 Å². The number of rotatable bonds is 5. The van der Waals surface area contributed by atoms with E-state index in [0.29, 0.717) is 24.9 Å². The van der Waals surface area contributed by atoms with Crippen LogP contribution in [-0.2, 0) is 9.53 Å². The molecular formula is C23H28N4O2S. The summed E-state index contributed by atoms with van der Waals surface area (Å²) >= 11 is 1.67. The zero-order chi connectivity index (χ0) is 21.3. The van der Waals surface area contributed by atoms with Gasteiger partial charge in [-0.25, -0.2) is 9.97 Å². The van der Waals surface area contributed by atoms with E-state index in [1.165, 1.54) is 0 Å². The molecule has 1 saturated heterocycles. The number of carbonyl (C=O) groups is 1. The Morgan fingerprint density at radius 2 is 2.10 bits per heavy atom. The number of aryl methyl sites for hydroxylation is 1. The second-order valence-electron chi connectivity index (χ2n) is 8.31. The van der Waals surface area contributed by atoms with E-state index in [9.17, 15) is 4.79 Å². The molecule has 3 heterocycles. The van der Waals surface area contributed by atoms with Crippen molar-refractivity contribution in [3.05, 3.63) is 41.7 Å². The Morgan fingerprint density at radius 3 is 2.83 bits per heavy atom. The van der Waals surface area contributed by atoms with Gasteiger partial charge in [0.15, 0.2) is 0 Å². The van der Waals surface area contributed by atoms with E-state index < -0.39 is 0 Å². The van der Waals surface area contributed by atoms with Crippen molar-refractivity contribution in [1.82, 2.24) is 14.9 Å². The number of thiazole rings is 1. The number of hydrogen-bond donors (Lipinski definition) is 1. The minimum Gasteiger partial charge on any atom is -0.376 e. The number of ether oxygens (including phenoxy) is 1. The van der Waals surface area contributed by atoms with Gasteiger partial charge in [-0.05, 0) is 42.8 Å². The molecule has 0 spiro atoms. The summed E-state index contributed by atoms with van der Waals surface area (Å²) in [5, 5.41) is 6.11. The van der Waals surface area contributed by atoms with Crippen molar-refractivity contribution in [3.63, 3.8) is 0 Å². The Morgan fingerprint density at radius 1 is 1.27 bits per heavy atom. The number of anilines is 1. The summed E-state index contributed by atoms with van der Waals surface area (Å²) in [5.41, 5.74) is 1.12. The van der Waals surface area contributed by atoms with Crippen molar-refractivity contribution >= 4 is 33.8 Å². The molecule has 1 aliphatic heterocycles. The number of pyridine rings is 1. The highest BCUT2D eigenvalue weighted by Gasteiger charge is 2.30. The number of benzene rings is 1. The first kappa shape index (κ1) is 20.9. The SMILES string of the molecule is Cc1ncc(-c2ccc3cnc(NC(=O)CN4C[C@@H](C)OC[C@H]4C(C)C)cc3c2)s1. The van der Waals surface area contributed by atoms with E-state index in [4.69, 9.17) is 4.74 Å². The maximum Gasteiger partial charge on any atom is 0.239 e. The van der Waals surface area contributed by atoms with Gasteiger partial charge in [0.25, 0.3) is 0 Å². The average Bonchev–Trinajstić information content (AvgIpc) is 3.13. The minimum atomic E-state index is -0.0455. The van der Waals surface area contributed by atoms with Gasteiger partial charge in [0.1, 0.15) is 5.82 Å². The standard InChI is InChI=1S/C23H28N4O2S/c1-14(2)20-13-29-15(3)11-27(20)12-23(28)26-22-8-19-7-17(5-6-18(19)9-25-22)21-10-24-16(4)30-21/h5-10,14-15,20H,11-13H2,1-4H3,(H,25,26,28)/t15-,20+/m1/s1. The van der Waals surface area contributed by atoms with Gasteiger partial charge in [0.2, 0.25) is 5.91 Å². The fraction of sp³-hybridized carbons (Fsp3) is 0.435. The molecule has 0 radical (unpaired) electrons. The number of aromatic nitrogens is 2. The molecule has 0 unspecified atom stereocenters. The Balaban J connectivity index is 1.49. The van der Waals surface area contributed by atoms with Crippen LogP contribution in [0.15, 0.2) is 36.7 Å². The van der Waals surface area contributed by atoms with Gasteiger partial charge in [-0.2, -0.15) is 0 Å². The van der Waals surface area contributed by atoms with Crippen LogP contribution in [0.5, 0.6) is 0 Å². The third kappa shape index (κ3) is 4.69. The van der Waals surface area contributed by atoms with Crippen molar-refractivity contribution in [2.45, 2.75) is 39.8 Å². The molecule has 0 aliphatic carbocycles. The summed E-state index contributed by atoms with van der Waals surface area (Å²) in [4.78, 5) is 24.9. The molecule has 7 heteroatoms. The van der Waals surface area contributed by atoms with Crippen LogP contribution < -0.4 is 5.32 Å². The third-order valence-corrected chi connectivity index (χ3v) is 6.49. The van der Waals surface area contributed by atoms with Crippen molar-refractivity contribution in [3.8, 4) is 10.4 Å². The summed E-state index contributed by atoms with van der Waals surface area (Å²) < 4.78 is 5.79. The number of amides is 1. The van der Waals surface area contributed by atoms with Crippen molar-refractivity contribution in [2.24, 2.45) is 5.92 Å². The highest BCUT2D eigenvalue weighted by atomic mass is 32.1. The van der Waals surface area contributed by atoms with Gasteiger partial charge < -0.3 is 10.1 Å². The molecule has 2 atom stereocenters. The van der Waals surface area contributed by atoms with Gasteiger partial charge in [-0.1, -0.05) is 26.0 Å².